The minimum absolute atomic E-state index is 0.256. The van der Waals surface area contributed by atoms with Crippen LogP contribution in [0.1, 0.15) is 36.2 Å². The van der Waals surface area contributed by atoms with Crippen LogP contribution in [0.2, 0.25) is 0 Å². The number of amides is 1. The van der Waals surface area contributed by atoms with Crippen molar-refractivity contribution in [3.63, 3.8) is 0 Å². The molecule has 44 heavy (non-hydrogen) atoms. The zero-order chi connectivity index (χ0) is 31.1. The molecule has 4 atom stereocenters. The summed E-state index contributed by atoms with van der Waals surface area (Å²) < 4.78 is 23.3. The van der Waals surface area contributed by atoms with Crippen LogP contribution in [0.5, 0.6) is 17.2 Å². The highest BCUT2D eigenvalue weighted by atomic mass is 16.7. The van der Waals surface area contributed by atoms with Crippen LogP contribution < -0.4 is 14.8 Å². The molecular formula is C36H39NO7. The van der Waals surface area contributed by atoms with E-state index in [1.165, 1.54) is 12.7 Å². The van der Waals surface area contributed by atoms with Crippen LogP contribution in [0.15, 0.2) is 103 Å². The molecule has 0 aromatic heterocycles. The van der Waals surface area contributed by atoms with E-state index in [0.29, 0.717) is 29.2 Å². The minimum Gasteiger partial charge on any atom is -0.462 e. The lowest BCUT2D eigenvalue weighted by Crippen LogP contribution is -2.63. The standard InChI is InChI=1S/C36H39NO7/c1-36(2)33(41-3)31(38)32(39)35(44-36)43-28-20-21-29(25-16-18-27(19-17-25)42-26-14-8-5-9-15-26)30(23-28)34(40)37-22-10-13-24-11-6-4-7-12-24/h4-9,11-12,14-21,23,31-33,35,38-39H,10,13,22H2,1-3H3,(H,37,40). The second-order valence-corrected chi connectivity index (χ2v) is 11.3. The predicted octanol–water partition coefficient (Wildman–Crippen LogP) is 5.76. The molecule has 1 amide bonds. The third-order valence-corrected chi connectivity index (χ3v) is 7.70. The third kappa shape index (κ3) is 7.46. The van der Waals surface area contributed by atoms with Gasteiger partial charge in [0.15, 0.2) is 0 Å². The van der Waals surface area contributed by atoms with Gasteiger partial charge in [-0.25, -0.2) is 0 Å². The van der Waals surface area contributed by atoms with Crippen molar-refractivity contribution in [2.24, 2.45) is 0 Å². The van der Waals surface area contributed by atoms with Gasteiger partial charge in [-0.3, -0.25) is 4.79 Å². The Morgan fingerprint density at radius 3 is 2.16 bits per heavy atom. The van der Waals surface area contributed by atoms with Gasteiger partial charge in [-0.05, 0) is 85.8 Å². The van der Waals surface area contributed by atoms with Gasteiger partial charge in [-0.15, -0.1) is 0 Å². The van der Waals surface area contributed by atoms with E-state index in [9.17, 15) is 15.0 Å². The normalized spacial score (nSPS) is 20.9. The molecule has 4 aromatic carbocycles. The molecule has 8 nitrogen and oxygen atoms in total. The Hall–Kier alpha value is -4.21. The summed E-state index contributed by atoms with van der Waals surface area (Å²) in [5, 5.41) is 24.4. The first kappa shape index (κ1) is 31.2. The molecular weight excluding hydrogens is 558 g/mol. The molecule has 3 N–H and O–H groups in total. The summed E-state index contributed by atoms with van der Waals surface area (Å²) in [6.07, 6.45) is -2.88. The average molecular weight is 598 g/mol. The second-order valence-electron chi connectivity index (χ2n) is 11.3. The maximum absolute atomic E-state index is 13.6. The molecule has 0 saturated carbocycles. The zero-order valence-corrected chi connectivity index (χ0v) is 25.2. The molecule has 0 bridgehead atoms. The highest BCUT2D eigenvalue weighted by Gasteiger charge is 2.50. The number of carbonyl (C=O) groups excluding carboxylic acids is 1. The van der Waals surface area contributed by atoms with Gasteiger partial charge in [-0.1, -0.05) is 60.7 Å². The summed E-state index contributed by atoms with van der Waals surface area (Å²) >= 11 is 0. The quantitative estimate of drug-likeness (QED) is 0.189. The smallest absolute Gasteiger partial charge is 0.252 e. The minimum atomic E-state index is -1.36. The number of aliphatic hydroxyl groups excluding tert-OH is 2. The summed E-state index contributed by atoms with van der Waals surface area (Å²) in [7, 11) is 1.46. The van der Waals surface area contributed by atoms with Gasteiger partial charge < -0.3 is 34.5 Å². The number of rotatable bonds is 11. The van der Waals surface area contributed by atoms with E-state index in [1.54, 1.807) is 32.0 Å². The highest BCUT2D eigenvalue weighted by Crippen LogP contribution is 2.35. The number of aryl methyl sites for hydroxylation is 1. The number of benzene rings is 4. The summed E-state index contributed by atoms with van der Waals surface area (Å²) in [4.78, 5) is 13.6. The molecule has 1 saturated heterocycles. The van der Waals surface area contributed by atoms with Crippen molar-refractivity contribution < 1.29 is 34.0 Å². The Bertz CT molecular complexity index is 1510. The van der Waals surface area contributed by atoms with Crippen LogP contribution in [-0.2, 0) is 15.9 Å². The van der Waals surface area contributed by atoms with E-state index < -0.39 is 30.2 Å². The van der Waals surface area contributed by atoms with Gasteiger partial charge in [-0.2, -0.15) is 0 Å². The fraction of sp³-hybridized carbons (Fsp3) is 0.306. The topological polar surface area (TPSA) is 106 Å². The van der Waals surface area contributed by atoms with Crippen molar-refractivity contribution in [2.75, 3.05) is 13.7 Å². The Morgan fingerprint density at radius 1 is 0.841 bits per heavy atom. The van der Waals surface area contributed by atoms with Gasteiger partial charge in [0, 0.05) is 13.7 Å². The monoisotopic (exact) mass is 597 g/mol. The van der Waals surface area contributed by atoms with Crippen molar-refractivity contribution in [1.29, 1.82) is 0 Å². The van der Waals surface area contributed by atoms with Crippen molar-refractivity contribution in [1.82, 2.24) is 5.32 Å². The number of methoxy groups -OCH3 is 1. The van der Waals surface area contributed by atoms with E-state index in [0.717, 1.165) is 24.2 Å². The number of para-hydroxylation sites is 1. The van der Waals surface area contributed by atoms with E-state index in [1.807, 2.05) is 72.8 Å². The van der Waals surface area contributed by atoms with Crippen molar-refractivity contribution in [3.8, 4) is 28.4 Å². The first-order valence-electron chi connectivity index (χ1n) is 14.8. The van der Waals surface area contributed by atoms with Gasteiger partial charge >= 0.3 is 0 Å². The fourth-order valence-corrected chi connectivity index (χ4v) is 5.44. The summed E-state index contributed by atoms with van der Waals surface area (Å²) in [5.41, 5.74) is 2.20. The lowest BCUT2D eigenvalue weighted by molar-refractivity contribution is -0.305. The maximum Gasteiger partial charge on any atom is 0.252 e. The number of aliphatic hydroxyl groups is 2. The number of nitrogens with one attached hydrogen (secondary N) is 1. The van der Waals surface area contributed by atoms with Crippen molar-refractivity contribution in [2.45, 2.75) is 56.9 Å². The molecule has 230 valence electrons. The van der Waals surface area contributed by atoms with E-state index >= 15 is 0 Å². The molecule has 1 heterocycles. The maximum atomic E-state index is 13.6. The summed E-state index contributed by atoms with van der Waals surface area (Å²) in [6.45, 7) is 4.01. The Labute approximate surface area is 258 Å². The first-order valence-corrected chi connectivity index (χ1v) is 14.8. The van der Waals surface area contributed by atoms with E-state index in [4.69, 9.17) is 18.9 Å². The average Bonchev–Trinajstić information content (AvgIpc) is 3.03. The zero-order valence-electron chi connectivity index (χ0n) is 25.2. The fourth-order valence-electron chi connectivity index (χ4n) is 5.44. The molecule has 4 aromatic rings. The molecule has 5 rings (SSSR count). The Kier molecular flexibility index (Phi) is 9.97. The molecule has 4 unspecified atom stereocenters. The van der Waals surface area contributed by atoms with Crippen LogP contribution in [-0.4, -0.2) is 60.0 Å². The summed E-state index contributed by atoms with van der Waals surface area (Å²) in [5.74, 6) is 1.46. The van der Waals surface area contributed by atoms with Crippen LogP contribution in [0.4, 0.5) is 0 Å². The number of hydrogen-bond acceptors (Lipinski definition) is 7. The molecule has 1 fully saturated rings. The van der Waals surface area contributed by atoms with E-state index in [-0.39, 0.29) is 5.91 Å². The molecule has 0 spiro atoms. The molecule has 1 aliphatic heterocycles. The molecule has 1 aliphatic rings. The lowest BCUT2D eigenvalue weighted by Gasteiger charge is -2.46. The second kappa shape index (κ2) is 14.1. The molecule has 0 radical (unpaired) electrons. The van der Waals surface area contributed by atoms with Gasteiger partial charge in [0.05, 0.1) is 11.2 Å². The highest BCUT2D eigenvalue weighted by molar-refractivity contribution is 6.01. The largest absolute Gasteiger partial charge is 0.462 e. The van der Waals surface area contributed by atoms with Gasteiger partial charge in [0.1, 0.15) is 35.6 Å². The van der Waals surface area contributed by atoms with Crippen molar-refractivity contribution in [3.05, 3.63) is 114 Å². The van der Waals surface area contributed by atoms with Crippen LogP contribution in [0, 0.1) is 0 Å². The lowest BCUT2D eigenvalue weighted by atomic mass is 9.89. The van der Waals surface area contributed by atoms with E-state index in [2.05, 4.69) is 17.4 Å². The Morgan fingerprint density at radius 2 is 1.48 bits per heavy atom. The number of ether oxygens (including phenoxy) is 4. The van der Waals surface area contributed by atoms with Crippen LogP contribution in [0.25, 0.3) is 11.1 Å². The Balaban J connectivity index is 1.36. The van der Waals surface area contributed by atoms with Gasteiger partial charge in [0.2, 0.25) is 6.29 Å². The first-order chi connectivity index (χ1) is 21.2. The van der Waals surface area contributed by atoms with Gasteiger partial charge in [0.25, 0.3) is 5.91 Å². The number of hydrogen-bond donors (Lipinski definition) is 3. The molecule has 0 aliphatic carbocycles. The number of carbonyl (C=O) groups is 1. The summed E-state index contributed by atoms with van der Waals surface area (Å²) in [6, 6.07) is 32.3. The van der Waals surface area contributed by atoms with Crippen molar-refractivity contribution >= 4 is 5.91 Å². The molecule has 8 heteroatoms. The van der Waals surface area contributed by atoms with Crippen LogP contribution in [0.3, 0.4) is 0 Å². The third-order valence-electron chi connectivity index (χ3n) is 7.70. The SMILES string of the molecule is COC1C(O)C(O)C(Oc2ccc(-c3ccc(Oc4ccccc4)cc3)c(C(=O)NCCCc3ccccc3)c2)OC1(C)C. The predicted molar refractivity (Wildman–Crippen MR) is 168 cm³/mol. The van der Waals surface area contributed by atoms with Crippen LogP contribution >= 0.6 is 0 Å².